The summed E-state index contributed by atoms with van der Waals surface area (Å²) in [5, 5.41) is 3.12. The van der Waals surface area contributed by atoms with Crippen LogP contribution in [0.15, 0.2) is 34.7 Å². The van der Waals surface area contributed by atoms with Crippen molar-refractivity contribution in [1.29, 1.82) is 0 Å². The van der Waals surface area contributed by atoms with Crippen LogP contribution in [0.2, 0.25) is 0 Å². The van der Waals surface area contributed by atoms with Gasteiger partial charge in [-0.2, -0.15) is 0 Å². The molecule has 2 rings (SSSR count). The number of hydrogen-bond donors (Lipinski definition) is 1. The number of furan rings is 1. The van der Waals surface area contributed by atoms with Crippen molar-refractivity contribution in [3.63, 3.8) is 0 Å². The molecule has 1 N–H and O–H groups in total. The molecule has 0 amide bonds. The van der Waals surface area contributed by atoms with Crippen molar-refractivity contribution in [3.8, 4) is 0 Å². The van der Waals surface area contributed by atoms with E-state index in [1.165, 1.54) is 0 Å². The largest absolute Gasteiger partial charge is 0.465 e. The molecule has 2 heterocycles. The quantitative estimate of drug-likeness (QED) is 0.864. The number of pyridine rings is 1. The highest BCUT2D eigenvalue weighted by atomic mass is 16.3. The molecule has 0 aromatic carbocycles. The Kier molecular flexibility index (Phi) is 4.71. The van der Waals surface area contributed by atoms with Crippen molar-refractivity contribution in [1.82, 2.24) is 15.2 Å². The van der Waals surface area contributed by atoms with Gasteiger partial charge in [0, 0.05) is 13.1 Å². The van der Waals surface area contributed by atoms with Crippen molar-refractivity contribution in [3.05, 3.63) is 53.2 Å². The van der Waals surface area contributed by atoms with Crippen LogP contribution in [0.3, 0.4) is 0 Å². The molecular weight excluding hydrogens is 238 g/mol. The summed E-state index contributed by atoms with van der Waals surface area (Å²) in [6.45, 7) is 4.38. The molecule has 0 saturated heterocycles. The minimum atomic E-state index is 0.797. The van der Waals surface area contributed by atoms with Gasteiger partial charge in [0.05, 0.1) is 17.9 Å². The van der Waals surface area contributed by atoms with Crippen LogP contribution in [0, 0.1) is 6.92 Å². The standard InChI is InChI=1S/C15H21N3O/c1-12-7-8-15(19-12)11-18(3)10-14-6-4-5-13(17-14)9-16-2/h4-8,16H,9-11H2,1-3H3. The number of hydrogen-bond acceptors (Lipinski definition) is 4. The maximum Gasteiger partial charge on any atom is 0.118 e. The predicted molar refractivity (Wildman–Crippen MR) is 75.6 cm³/mol. The molecule has 0 aliphatic carbocycles. The van der Waals surface area contributed by atoms with E-state index in [1.54, 1.807) is 0 Å². The summed E-state index contributed by atoms with van der Waals surface area (Å²) in [7, 11) is 4.00. The third kappa shape index (κ3) is 4.19. The van der Waals surface area contributed by atoms with E-state index < -0.39 is 0 Å². The Morgan fingerprint density at radius 1 is 1.16 bits per heavy atom. The van der Waals surface area contributed by atoms with Gasteiger partial charge >= 0.3 is 0 Å². The Morgan fingerprint density at radius 2 is 1.95 bits per heavy atom. The van der Waals surface area contributed by atoms with Crippen LogP contribution in [0.25, 0.3) is 0 Å². The van der Waals surface area contributed by atoms with Crippen molar-refractivity contribution in [2.75, 3.05) is 14.1 Å². The molecule has 2 aromatic heterocycles. The number of nitrogens with one attached hydrogen (secondary N) is 1. The summed E-state index contributed by atoms with van der Waals surface area (Å²) in [5.74, 6) is 1.95. The summed E-state index contributed by atoms with van der Waals surface area (Å²) < 4.78 is 5.58. The molecule has 4 nitrogen and oxygen atoms in total. The lowest BCUT2D eigenvalue weighted by molar-refractivity contribution is 0.282. The first-order valence-corrected chi connectivity index (χ1v) is 6.50. The third-order valence-electron chi connectivity index (χ3n) is 2.88. The zero-order valence-electron chi connectivity index (χ0n) is 11.8. The van der Waals surface area contributed by atoms with Crippen molar-refractivity contribution < 1.29 is 4.42 Å². The Hall–Kier alpha value is -1.65. The SMILES string of the molecule is CNCc1cccc(CN(C)Cc2ccc(C)o2)n1. The lowest BCUT2D eigenvalue weighted by atomic mass is 10.3. The summed E-state index contributed by atoms with van der Waals surface area (Å²) in [6, 6.07) is 10.2. The smallest absolute Gasteiger partial charge is 0.118 e. The number of aryl methyl sites for hydroxylation is 1. The monoisotopic (exact) mass is 259 g/mol. The first kappa shape index (κ1) is 13.8. The van der Waals surface area contributed by atoms with Gasteiger partial charge in [-0.25, -0.2) is 0 Å². The van der Waals surface area contributed by atoms with Crippen molar-refractivity contribution in [2.45, 2.75) is 26.6 Å². The maximum absolute atomic E-state index is 5.58. The summed E-state index contributed by atoms with van der Waals surface area (Å²) in [4.78, 5) is 6.81. The Labute approximate surface area is 114 Å². The van der Waals surface area contributed by atoms with E-state index in [0.717, 1.165) is 42.5 Å². The van der Waals surface area contributed by atoms with Gasteiger partial charge in [0.1, 0.15) is 11.5 Å². The number of aromatic nitrogens is 1. The highest BCUT2D eigenvalue weighted by molar-refractivity contribution is 5.11. The molecule has 2 aromatic rings. The Bertz CT molecular complexity index is 522. The Morgan fingerprint density at radius 3 is 2.63 bits per heavy atom. The molecule has 0 radical (unpaired) electrons. The van der Waals surface area contributed by atoms with Gasteiger partial charge in [-0.3, -0.25) is 9.88 Å². The fourth-order valence-electron chi connectivity index (χ4n) is 2.07. The van der Waals surface area contributed by atoms with Gasteiger partial charge in [-0.1, -0.05) is 6.07 Å². The van der Waals surface area contributed by atoms with E-state index in [4.69, 9.17) is 4.42 Å². The molecule has 4 heteroatoms. The molecule has 102 valence electrons. The van der Waals surface area contributed by atoms with Crippen LogP contribution in [0.1, 0.15) is 22.9 Å². The fraction of sp³-hybridized carbons (Fsp3) is 0.400. The van der Waals surface area contributed by atoms with Gasteiger partial charge < -0.3 is 9.73 Å². The van der Waals surface area contributed by atoms with Crippen molar-refractivity contribution >= 4 is 0 Å². The fourth-order valence-corrected chi connectivity index (χ4v) is 2.07. The van der Waals surface area contributed by atoms with Gasteiger partial charge in [-0.15, -0.1) is 0 Å². The molecule has 0 saturated carbocycles. The normalized spacial score (nSPS) is 11.2. The van der Waals surface area contributed by atoms with E-state index in [-0.39, 0.29) is 0 Å². The molecule has 0 unspecified atom stereocenters. The average Bonchev–Trinajstić information content (AvgIpc) is 2.75. The highest BCUT2D eigenvalue weighted by Gasteiger charge is 2.06. The summed E-state index contributed by atoms with van der Waals surface area (Å²) in [6.07, 6.45) is 0. The first-order valence-electron chi connectivity index (χ1n) is 6.50. The number of rotatable bonds is 6. The van der Waals surface area contributed by atoms with Crippen LogP contribution in [-0.4, -0.2) is 24.0 Å². The summed E-state index contributed by atoms with van der Waals surface area (Å²) >= 11 is 0. The highest BCUT2D eigenvalue weighted by Crippen LogP contribution is 2.10. The Balaban J connectivity index is 1.94. The lowest BCUT2D eigenvalue weighted by Crippen LogP contribution is -2.18. The number of nitrogens with zero attached hydrogens (tertiary/aromatic N) is 2. The molecule has 19 heavy (non-hydrogen) atoms. The lowest BCUT2D eigenvalue weighted by Gasteiger charge is -2.15. The second-order valence-electron chi connectivity index (χ2n) is 4.84. The maximum atomic E-state index is 5.58. The average molecular weight is 259 g/mol. The van der Waals surface area contributed by atoms with E-state index in [2.05, 4.69) is 34.4 Å². The first-order chi connectivity index (χ1) is 9.17. The topological polar surface area (TPSA) is 41.3 Å². The van der Waals surface area contributed by atoms with Crippen LogP contribution < -0.4 is 5.32 Å². The van der Waals surface area contributed by atoms with Crippen LogP contribution in [-0.2, 0) is 19.6 Å². The molecule has 0 aliphatic rings. The van der Waals surface area contributed by atoms with Gasteiger partial charge in [-0.05, 0) is 45.3 Å². The molecule has 0 atom stereocenters. The van der Waals surface area contributed by atoms with E-state index in [0.29, 0.717) is 0 Å². The van der Waals surface area contributed by atoms with E-state index in [1.807, 2.05) is 32.2 Å². The molecule has 0 bridgehead atoms. The molecular formula is C15H21N3O. The van der Waals surface area contributed by atoms with Crippen LogP contribution >= 0.6 is 0 Å². The molecule has 0 fully saturated rings. The predicted octanol–water partition coefficient (Wildman–Crippen LogP) is 2.33. The third-order valence-corrected chi connectivity index (χ3v) is 2.88. The van der Waals surface area contributed by atoms with Crippen LogP contribution in [0.5, 0.6) is 0 Å². The minimum absolute atomic E-state index is 0.797. The van der Waals surface area contributed by atoms with E-state index in [9.17, 15) is 0 Å². The molecule has 0 spiro atoms. The van der Waals surface area contributed by atoms with Gasteiger partial charge in [0.15, 0.2) is 0 Å². The van der Waals surface area contributed by atoms with Gasteiger partial charge in [0.2, 0.25) is 0 Å². The van der Waals surface area contributed by atoms with Gasteiger partial charge in [0.25, 0.3) is 0 Å². The molecule has 0 aliphatic heterocycles. The minimum Gasteiger partial charge on any atom is -0.465 e. The zero-order valence-corrected chi connectivity index (χ0v) is 11.8. The van der Waals surface area contributed by atoms with Crippen LogP contribution in [0.4, 0.5) is 0 Å². The second-order valence-corrected chi connectivity index (χ2v) is 4.84. The second kappa shape index (κ2) is 6.50. The summed E-state index contributed by atoms with van der Waals surface area (Å²) in [5.41, 5.74) is 2.15. The zero-order chi connectivity index (χ0) is 13.7. The van der Waals surface area contributed by atoms with Crippen molar-refractivity contribution in [2.24, 2.45) is 0 Å². The van der Waals surface area contributed by atoms with E-state index >= 15 is 0 Å².